The molecule has 0 atom stereocenters. The minimum atomic E-state index is 0. The van der Waals surface area contributed by atoms with Gasteiger partial charge in [0.1, 0.15) is 0 Å². The Morgan fingerprint density at radius 1 is 1.21 bits per heavy atom. The maximum absolute atomic E-state index is 4.57. The third-order valence-corrected chi connectivity index (χ3v) is 3.12. The number of guanidine groups is 1. The van der Waals surface area contributed by atoms with Gasteiger partial charge in [0, 0.05) is 13.1 Å². The summed E-state index contributed by atoms with van der Waals surface area (Å²) in [5.74, 6) is 2.09. The molecule has 1 aromatic carbocycles. The quantitative estimate of drug-likeness (QED) is 0.324. The lowest BCUT2D eigenvalue weighted by Gasteiger charge is -2.10. The average molecular weight is 393 g/mol. The van der Waals surface area contributed by atoms with Crippen LogP contribution < -0.4 is 10.6 Å². The van der Waals surface area contributed by atoms with E-state index in [0.29, 0.717) is 0 Å². The summed E-state index contributed by atoms with van der Waals surface area (Å²) in [7, 11) is 0. The monoisotopic (exact) mass is 393 g/mol. The zero-order chi connectivity index (χ0) is 13.1. The number of hydrogen-bond donors (Lipinski definition) is 2. The summed E-state index contributed by atoms with van der Waals surface area (Å²) in [4.78, 5) is 4.57. The van der Waals surface area contributed by atoms with E-state index in [1.165, 1.54) is 11.3 Å². The van der Waals surface area contributed by atoms with E-state index in [1.807, 2.05) is 30.0 Å². The van der Waals surface area contributed by atoms with Crippen LogP contribution in [0.2, 0.25) is 0 Å². The van der Waals surface area contributed by atoms with Gasteiger partial charge in [0.15, 0.2) is 5.96 Å². The molecule has 0 spiro atoms. The highest BCUT2D eigenvalue weighted by molar-refractivity contribution is 14.0. The van der Waals surface area contributed by atoms with Crippen molar-refractivity contribution in [2.24, 2.45) is 4.99 Å². The van der Waals surface area contributed by atoms with Crippen LogP contribution in [0, 0.1) is 0 Å². The first-order chi connectivity index (χ1) is 8.86. The number of nitrogens with one attached hydrogen (secondary N) is 2. The number of rotatable bonds is 7. The molecule has 0 radical (unpaired) electrons. The van der Waals surface area contributed by atoms with Crippen LogP contribution in [0.15, 0.2) is 35.3 Å². The van der Waals surface area contributed by atoms with Crippen LogP contribution in [-0.2, 0) is 6.54 Å². The lowest BCUT2D eigenvalue weighted by atomic mass is 10.2. The average Bonchev–Trinajstić information content (AvgIpc) is 2.42. The molecular formula is C14H24IN3S. The largest absolute Gasteiger partial charge is 0.357 e. The predicted octanol–water partition coefficient (Wildman–Crippen LogP) is 3.11. The van der Waals surface area contributed by atoms with Gasteiger partial charge >= 0.3 is 0 Å². The summed E-state index contributed by atoms with van der Waals surface area (Å²) in [5.41, 5.74) is 1.24. The highest BCUT2D eigenvalue weighted by Crippen LogP contribution is 2.00. The third kappa shape index (κ3) is 9.15. The van der Waals surface area contributed by atoms with E-state index < -0.39 is 0 Å². The number of aliphatic imine (C=N–C) groups is 1. The van der Waals surface area contributed by atoms with Crippen molar-refractivity contribution in [2.75, 3.05) is 25.1 Å². The Morgan fingerprint density at radius 2 is 1.95 bits per heavy atom. The second kappa shape index (κ2) is 12.6. The van der Waals surface area contributed by atoms with Crippen LogP contribution in [0.5, 0.6) is 0 Å². The number of thioether (sulfide) groups is 1. The Kier molecular flexibility index (Phi) is 12.3. The highest BCUT2D eigenvalue weighted by atomic mass is 127. The third-order valence-electron chi connectivity index (χ3n) is 2.42. The standard InChI is InChI=1S/C14H23N3S.HI/c1-3-15-14(16-10-7-11-18-2)17-12-13-8-5-4-6-9-13;/h4-6,8-9H,3,7,10-12H2,1-2H3,(H2,15,16,17);1H. The zero-order valence-corrected chi connectivity index (χ0v) is 14.8. The van der Waals surface area contributed by atoms with Crippen molar-refractivity contribution in [1.82, 2.24) is 10.6 Å². The lowest BCUT2D eigenvalue weighted by Crippen LogP contribution is -2.37. The molecule has 0 saturated carbocycles. The van der Waals surface area contributed by atoms with E-state index in [0.717, 1.165) is 32.0 Å². The van der Waals surface area contributed by atoms with Crippen molar-refractivity contribution in [3.63, 3.8) is 0 Å². The number of halogens is 1. The molecule has 0 heterocycles. The maximum atomic E-state index is 4.57. The molecule has 1 rings (SSSR count). The number of nitrogens with zero attached hydrogens (tertiary/aromatic N) is 1. The molecule has 3 nitrogen and oxygen atoms in total. The minimum Gasteiger partial charge on any atom is -0.357 e. The Bertz CT molecular complexity index is 344. The van der Waals surface area contributed by atoms with Crippen molar-refractivity contribution in [3.05, 3.63) is 35.9 Å². The van der Waals surface area contributed by atoms with Gasteiger partial charge < -0.3 is 10.6 Å². The summed E-state index contributed by atoms with van der Waals surface area (Å²) >= 11 is 1.88. The van der Waals surface area contributed by atoms with Gasteiger partial charge in [-0.05, 0) is 30.9 Å². The molecule has 0 aromatic heterocycles. The Balaban J connectivity index is 0.00000324. The summed E-state index contributed by atoms with van der Waals surface area (Å²) in [5, 5.41) is 6.61. The van der Waals surface area contributed by atoms with E-state index in [-0.39, 0.29) is 24.0 Å². The minimum absolute atomic E-state index is 0. The normalized spacial score (nSPS) is 10.7. The molecule has 19 heavy (non-hydrogen) atoms. The van der Waals surface area contributed by atoms with Gasteiger partial charge in [-0.25, -0.2) is 4.99 Å². The van der Waals surface area contributed by atoms with Crippen LogP contribution in [0.3, 0.4) is 0 Å². The molecule has 0 amide bonds. The predicted molar refractivity (Wildman–Crippen MR) is 97.7 cm³/mol. The molecule has 0 aliphatic heterocycles. The van der Waals surface area contributed by atoms with Crippen LogP contribution in [0.1, 0.15) is 18.9 Å². The molecule has 1 aromatic rings. The molecule has 108 valence electrons. The topological polar surface area (TPSA) is 36.4 Å². The first-order valence-electron chi connectivity index (χ1n) is 6.42. The fraction of sp³-hybridized carbons (Fsp3) is 0.500. The SMILES string of the molecule is CCNC(=NCc1ccccc1)NCCCSC.I. The second-order valence-corrected chi connectivity index (χ2v) is 4.94. The van der Waals surface area contributed by atoms with Gasteiger partial charge in [-0.3, -0.25) is 0 Å². The fourth-order valence-electron chi connectivity index (χ4n) is 1.52. The van der Waals surface area contributed by atoms with Gasteiger partial charge in [-0.15, -0.1) is 24.0 Å². The molecule has 0 aliphatic carbocycles. The number of benzene rings is 1. The molecule has 0 bridgehead atoms. The molecule has 0 unspecified atom stereocenters. The lowest BCUT2D eigenvalue weighted by molar-refractivity contribution is 0.790. The van der Waals surface area contributed by atoms with E-state index in [2.05, 4.69) is 40.9 Å². The molecule has 0 fully saturated rings. The Hall–Kier alpha value is -0.430. The van der Waals surface area contributed by atoms with Gasteiger partial charge in [0.2, 0.25) is 0 Å². The van der Waals surface area contributed by atoms with Crippen molar-refractivity contribution in [1.29, 1.82) is 0 Å². The fourth-order valence-corrected chi connectivity index (χ4v) is 1.95. The van der Waals surface area contributed by atoms with Gasteiger partial charge in [-0.1, -0.05) is 30.3 Å². The van der Waals surface area contributed by atoms with Crippen LogP contribution >= 0.6 is 35.7 Å². The van der Waals surface area contributed by atoms with Crippen molar-refractivity contribution < 1.29 is 0 Å². The molecular weight excluding hydrogens is 369 g/mol. The molecule has 2 N–H and O–H groups in total. The van der Waals surface area contributed by atoms with E-state index in [1.54, 1.807) is 0 Å². The van der Waals surface area contributed by atoms with Crippen molar-refractivity contribution in [2.45, 2.75) is 19.9 Å². The highest BCUT2D eigenvalue weighted by Gasteiger charge is 1.96. The van der Waals surface area contributed by atoms with Crippen molar-refractivity contribution >= 4 is 41.7 Å². The summed E-state index contributed by atoms with van der Waals surface area (Å²) in [6, 6.07) is 10.3. The van der Waals surface area contributed by atoms with Crippen LogP contribution in [-0.4, -0.2) is 31.1 Å². The second-order valence-electron chi connectivity index (χ2n) is 3.95. The van der Waals surface area contributed by atoms with E-state index in [9.17, 15) is 0 Å². The summed E-state index contributed by atoms with van der Waals surface area (Å²) in [6.45, 7) is 4.67. The van der Waals surface area contributed by atoms with Gasteiger partial charge in [0.25, 0.3) is 0 Å². The summed E-state index contributed by atoms with van der Waals surface area (Å²) < 4.78 is 0. The van der Waals surface area contributed by atoms with Crippen LogP contribution in [0.4, 0.5) is 0 Å². The Labute approximate surface area is 138 Å². The van der Waals surface area contributed by atoms with Crippen molar-refractivity contribution in [3.8, 4) is 0 Å². The van der Waals surface area contributed by atoms with Crippen LogP contribution in [0.25, 0.3) is 0 Å². The molecule has 0 aliphatic rings. The first kappa shape index (κ1) is 18.6. The number of hydrogen-bond acceptors (Lipinski definition) is 2. The molecule has 0 saturated heterocycles. The smallest absolute Gasteiger partial charge is 0.191 e. The van der Waals surface area contributed by atoms with E-state index >= 15 is 0 Å². The maximum Gasteiger partial charge on any atom is 0.191 e. The van der Waals surface area contributed by atoms with Gasteiger partial charge in [0.05, 0.1) is 6.54 Å². The zero-order valence-electron chi connectivity index (χ0n) is 11.7. The first-order valence-corrected chi connectivity index (χ1v) is 7.81. The van der Waals surface area contributed by atoms with Gasteiger partial charge in [-0.2, -0.15) is 11.8 Å². The summed E-state index contributed by atoms with van der Waals surface area (Å²) in [6.07, 6.45) is 3.30. The molecule has 5 heteroatoms. The van der Waals surface area contributed by atoms with E-state index in [4.69, 9.17) is 0 Å². The Morgan fingerprint density at radius 3 is 2.58 bits per heavy atom.